The van der Waals surface area contributed by atoms with E-state index in [0.717, 1.165) is 0 Å². The number of rotatable bonds is 1. The van der Waals surface area contributed by atoms with Crippen molar-refractivity contribution in [3.63, 3.8) is 0 Å². The summed E-state index contributed by atoms with van der Waals surface area (Å²) in [5.74, 6) is -1.32. The summed E-state index contributed by atoms with van der Waals surface area (Å²) >= 11 is 0. The first-order chi connectivity index (χ1) is 6.49. The van der Waals surface area contributed by atoms with Gasteiger partial charge in [0.05, 0.1) is 5.56 Å². The third kappa shape index (κ3) is 1.38. The quantitative estimate of drug-likeness (QED) is 0.679. The van der Waals surface area contributed by atoms with Crippen LogP contribution in [0.4, 0.5) is 0 Å². The zero-order chi connectivity index (χ0) is 10.9. The molecule has 14 heavy (non-hydrogen) atoms. The van der Waals surface area contributed by atoms with Gasteiger partial charge in [-0.05, 0) is 19.4 Å². The highest BCUT2D eigenvalue weighted by atomic mass is 16.4. The molecule has 2 N–H and O–H groups in total. The summed E-state index contributed by atoms with van der Waals surface area (Å²) in [4.78, 5) is 24.2. The molecule has 0 aliphatic rings. The molecule has 0 amide bonds. The largest absolute Gasteiger partial charge is 0.477 e. The lowest BCUT2D eigenvalue weighted by Gasteiger charge is -2.04. The zero-order valence-electron chi connectivity index (χ0n) is 7.71. The minimum Gasteiger partial charge on any atom is -0.477 e. The topological polar surface area (TPSA) is 93.9 Å². The second-order valence-electron chi connectivity index (χ2n) is 2.87. The van der Waals surface area contributed by atoms with E-state index in [1.165, 1.54) is 6.92 Å². The van der Waals surface area contributed by atoms with Crippen LogP contribution in [0.2, 0.25) is 0 Å². The lowest BCUT2D eigenvalue weighted by atomic mass is 10.0. The molecule has 5 heteroatoms. The van der Waals surface area contributed by atoms with E-state index in [2.05, 4.69) is 4.98 Å². The van der Waals surface area contributed by atoms with Crippen LogP contribution >= 0.6 is 0 Å². The molecular formula is C9H8N2O3. The van der Waals surface area contributed by atoms with Crippen LogP contribution in [0.3, 0.4) is 0 Å². The van der Waals surface area contributed by atoms with Gasteiger partial charge in [-0.1, -0.05) is 0 Å². The van der Waals surface area contributed by atoms with Gasteiger partial charge in [-0.15, -0.1) is 0 Å². The molecule has 1 aromatic rings. The number of carboxylic acids is 1. The number of aromatic amines is 1. The number of carbonyl (C=O) groups is 1. The Morgan fingerprint density at radius 2 is 2.07 bits per heavy atom. The third-order valence-electron chi connectivity index (χ3n) is 1.98. The molecule has 1 heterocycles. The average molecular weight is 192 g/mol. The van der Waals surface area contributed by atoms with E-state index in [1.807, 2.05) is 6.07 Å². The fourth-order valence-electron chi connectivity index (χ4n) is 1.30. The number of hydrogen-bond donors (Lipinski definition) is 2. The Bertz CT molecular complexity index is 494. The molecule has 0 saturated carbocycles. The highest BCUT2D eigenvalue weighted by molar-refractivity contribution is 5.89. The van der Waals surface area contributed by atoms with Gasteiger partial charge in [0, 0.05) is 5.69 Å². The maximum Gasteiger partial charge on any atom is 0.341 e. The Hall–Kier alpha value is -2.09. The lowest BCUT2D eigenvalue weighted by molar-refractivity contribution is 0.0694. The number of nitriles is 1. The van der Waals surface area contributed by atoms with Crippen molar-refractivity contribution in [2.24, 2.45) is 0 Å². The van der Waals surface area contributed by atoms with Crippen molar-refractivity contribution in [2.75, 3.05) is 0 Å². The number of nitrogens with one attached hydrogen (secondary N) is 1. The molecule has 0 radical (unpaired) electrons. The van der Waals surface area contributed by atoms with Crippen molar-refractivity contribution >= 4 is 5.97 Å². The fourth-order valence-corrected chi connectivity index (χ4v) is 1.30. The summed E-state index contributed by atoms with van der Waals surface area (Å²) in [6.45, 7) is 3.00. The fraction of sp³-hybridized carbons (Fsp3) is 0.222. The van der Waals surface area contributed by atoms with Gasteiger partial charge in [0.1, 0.15) is 11.6 Å². The van der Waals surface area contributed by atoms with E-state index >= 15 is 0 Å². The van der Waals surface area contributed by atoms with Gasteiger partial charge in [-0.25, -0.2) is 4.79 Å². The molecule has 0 atom stereocenters. The SMILES string of the molecule is Cc1[nH]c(=O)c(C(=O)O)c(C)c1C#N. The molecular weight excluding hydrogens is 184 g/mol. The summed E-state index contributed by atoms with van der Waals surface area (Å²) in [6.07, 6.45) is 0. The van der Waals surface area contributed by atoms with Gasteiger partial charge in [-0.2, -0.15) is 5.26 Å². The lowest BCUT2D eigenvalue weighted by Crippen LogP contribution is -2.21. The summed E-state index contributed by atoms with van der Waals surface area (Å²) in [7, 11) is 0. The Morgan fingerprint density at radius 1 is 1.50 bits per heavy atom. The zero-order valence-corrected chi connectivity index (χ0v) is 7.71. The van der Waals surface area contributed by atoms with E-state index in [1.54, 1.807) is 6.92 Å². The minimum absolute atomic E-state index is 0.209. The smallest absolute Gasteiger partial charge is 0.341 e. The van der Waals surface area contributed by atoms with Gasteiger partial charge in [-0.3, -0.25) is 4.79 Å². The number of aromatic carboxylic acids is 1. The van der Waals surface area contributed by atoms with Crippen molar-refractivity contribution in [3.05, 3.63) is 32.7 Å². The standard InChI is InChI=1S/C9H8N2O3/c1-4-6(3-10)5(2)11-8(12)7(4)9(13)14/h1-2H3,(H,11,12)(H,13,14). The summed E-state index contributed by atoms with van der Waals surface area (Å²) < 4.78 is 0. The minimum atomic E-state index is -1.32. The molecule has 0 aromatic carbocycles. The van der Waals surface area contributed by atoms with Crippen LogP contribution in [0.1, 0.15) is 27.2 Å². The molecule has 5 nitrogen and oxygen atoms in total. The molecule has 0 aliphatic heterocycles. The van der Waals surface area contributed by atoms with Gasteiger partial charge >= 0.3 is 5.97 Å². The van der Waals surface area contributed by atoms with Crippen LogP contribution < -0.4 is 5.56 Å². The number of aryl methyl sites for hydroxylation is 1. The predicted molar refractivity (Wildman–Crippen MR) is 48.2 cm³/mol. The molecule has 72 valence electrons. The monoisotopic (exact) mass is 192 g/mol. The van der Waals surface area contributed by atoms with Crippen molar-refractivity contribution in [2.45, 2.75) is 13.8 Å². The van der Waals surface area contributed by atoms with Crippen molar-refractivity contribution in [1.82, 2.24) is 4.98 Å². The average Bonchev–Trinajstić information content (AvgIpc) is 2.02. The molecule has 0 fully saturated rings. The van der Waals surface area contributed by atoms with E-state index < -0.39 is 11.5 Å². The molecule has 0 saturated heterocycles. The van der Waals surface area contributed by atoms with Gasteiger partial charge in [0.2, 0.25) is 0 Å². The van der Waals surface area contributed by atoms with Gasteiger partial charge in [0.15, 0.2) is 0 Å². The van der Waals surface area contributed by atoms with Gasteiger partial charge < -0.3 is 10.1 Å². The molecule has 1 rings (SSSR count). The third-order valence-corrected chi connectivity index (χ3v) is 1.98. The molecule has 0 aliphatic carbocycles. The van der Waals surface area contributed by atoms with Gasteiger partial charge in [0.25, 0.3) is 5.56 Å². The normalized spacial score (nSPS) is 9.50. The van der Waals surface area contributed by atoms with Crippen molar-refractivity contribution < 1.29 is 9.90 Å². The van der Waals surface area contributed by atoms with Crippen LogP contribution in [-0.4, -0.2) is 16.1 Å². The van der Waals surface area contributed by atoms with Crippen LogP contribution in [0.5, 0.6) is 0 Å². The summed E-state index contributed by atoms with van der Waals surface area (Å²) in [5.41, 5.74) is -0.234. The number of carboxylic acid groups (broad SMARTS) is 1. The maximum absolute atomic E-state index is 11.2. The van der Waals surface area contributed by atoms with Crippen molar-refractivity contribution in [1.29, 1.82) is 5.26 Å². The highest BCUT2D eigenvalue weighted by Crippen LogP contribution is 2.11. The molecule has 0 bridgehead atoms. The number of pyridine rings is 1. The van der Waals surface area contributed by atoms with Crippen molar-refractivity contribution in [3.8, 4) is 6.07 Å². The molecule has 0 spiro atoms. The Balaban J connectivity index is 3.72. The first-order valence-electron chi connectivity index (χ1n) is 3.86. The predicted octanol–water partition coefficient (Wildman–Crippen LogP) is 0.562. The Labute approximate surface area is 79.6 Å². The second-order valence-corrected chi connectivity index (χ2v) is 2.87. The number of nitrogens with zero attached hydrogens (tertiary/aromatic N) is 1. The maximum atomic E-state index is 11.2. The highest BCUT2D eigenvalue weighted by Gasteiger charge is 2.17. The number of aromatic nitrogens is 1. The van der Waals surface area contributed by atoms with Crippen LogP contribution in [-0.2, 0) is 0 Å². The summed E-state index contributed by atoms with van der Waals surface area (Å²) in [6, 6.07) is 1.85. The van der Waals surface area contributed by atoms with E-state index in [0.29, 0.717) is 5.69 Å². The number of hydrogen-bond acceptors (Lipinski definition) is 3. The molecule has 0 unspecified atom stereocenters. The van der Waals surface area contributed by atoms with E-state index in [-0.39, 0.29) is 16.7 Å². The second kappa shape index (κ2) is 3.34. The van der Waals surface area contributed by atoms with Crippen LogP contribution in [0.15, 0.2) is 4.79 Å². The Morgan fingerprint density at radius 3 is 2.50 bits per heavy atom. The van der Waals surface area contributed by atoms with E-state index in [4.69, 9.17) is 10.4 Å². The Kier molecular flexibility index (Phi) is 2.38. The molecule has 1 aromatic heterocycles. The van der Waals surface area contributed by atoms with Crippen LogP contribution in [0.25, 0.3) is 0 Å². The van der Waals surface area contributed by atoms with Crippen LogP contribution in [0, 0.1) is 25.2 Å². The van der Waals surface area contributed by atoms with E-state index in [9.17, 15) is 9.59 Å². The first-order valence-corrected chi connectivity index (χ1v) is 3.86. The first kappa shape index (κ1) is 9.99. The number of H-pyrrole nitrogens is 1. The summed E-state index contributed by atoms with van der Waals surface area (Å²) in [5, 5.41) is 17.5.